The van der Waals surface area contributed by atoms with Crippen LogP contribution in [0.3, 0.4) is 0 Å². The first kappa shape index (κ1) is 14.3. The van der Waals surface area contributed by atoms with Gasteiger partial charge in [0.25, 0.3) is 5.69 Å². The number of aliphatic hydroxyl groups is 1. The topological polar surface area (TPSA) is 90.4 Å². The molecule has 1 aliphatic heterocycles. The van der Waals surface area contributed by atoms with Crippen LogP contribution in [0.4, 0.5) is 11.4 Å². The minimum atomic E-state index is -0.538. The number of hydrogen-bond donors (Lipinski definition) is 1. The van der Waals surface area contributed by atoms with Crippen LogP contribution in [0.25, 0.3) is 0 Å². The number of anilines is 1. The van der Waals surface area contributed by atoms with E-state index in [-0.39, 0.29) is 23.9 Å². The molecule has 0 aliphatic carbocycles. The molecule has 1 aliphatic rings. The van der Waals surface area contributed by atoms with Crippen molar-refractivity contribution in [1.82, 2.24) is 0 Å². The summed E-state index contributed by atoms with van der Waals surface area (Å²) in [5.41, 5.74) is 0.748. The van der Waals surface area contributed by atoms with E-state index in [9.17, 15) is 10.1 Å². The van der Waals surface area contributed by atoms with Gasteiger partial charge in [-0.1, -0.05) is 0 Å². The molecule has 2 rings (SSSR count). The highest BCUT2D eigenvalue weighted by Gasteiger charge is 2.24. The highest BCUT2D eigenvalue weighted by atomic mass is 16.6. The van der Waals surface area contributed by atoms with Gasteiger partial charge in [0.05, 0.1) is 4.92 Å². The molecule has 6 nitrogen and oxygen atoms in total. The van der Waals surface area contributed by atoms with E-state index in [4.69, 9.17) is 10.4 Å². The molecule has 0 saturated carbocycles. The molecule has 0 bridgehead atoms. The van der Waals surface area contributed by atoms with Crippen LogP contribution < -0.4 is 4.90 Å². The van der Waals surface area contributed by atoms with Crippen LogP contribution in [0.15, 0.2) is 18.2 Å². The van der Waals surface area contributed by atoms with Crippen LogP contribution >= 0.6 is 0 Å². The zero-order valence-electron chi connectivity index (χ0n) is 11.2. The van der Waals surface area contributed by atoms with E-state index >= 15 is 0 Å². The smallest absolute Gasteiger partial charge is 0.287 e. The number of nitro benzene ring substituents is 1. The molecular formula is C14H17N3O3. The van der Waals surface area contributed by atoms with Gasteiger partial charge in [-0.3, -0.25) is 10.1 Å². The third-order valence-electron chi connectivity index (χ3n) is 3.72. The van der Waals surface area contributed by atoms with Crippen LogP contribution in [0.2, 0.25) is 0 Å². The molecule has 6 heteroatoms. The summed E-state index contributed by atoms with van der Waals surface area (Å²) in [5, 5.41) is 29.0. The van der Waals surface area contributed by atoms with E-state index in [0.717, 1.165) is 31.5 Å². The first-order chi connectivity index (χ1) is 9.67. The summed E-state index contributed by atoms with van der Waals surface area (Å²) in [6.07, 6.45) is 3.86. The van der Waals surface area contributed by atoms with Crippen LogP contribution in [0.1, 0.15) is 31.2 Å². The number of rotatable bonds is 4. The monoisotopic (exact) mass is 275 g/mol. The van der Waals surface area contributed by atoms with Gasteiger partial charge in [0.2, 0.25) is 0 Å². The maximum atomic E-state index is 10.8. The van der Waals surface area contributed by atoms with Gasteiger partial charge in [0.1, 0.15) is 11.6 Å². The number of benzene rings is 1. The van der Waals surface area contributed by atoms with Crippen LogP contribution in [-0.4, -0.2) is 29.2 Å². The Morgan fingerprint density at radius 1 is 1.50 bits per heavy atom. The quantitative estimate of drug-likeness (QED) is 0.672. The lowest BCUT2D eigenvalue weighted by atomic mass is 9.98. The van der Waals surface area contributed by atoms with Crippen molar-refractivity contribution in [2.24, 2.45) is 0 Å². The van der Waals surface area contributed by atoms with Crippen LogP contribution in [-0.2, 0) is 0 Å². The third kappa shape index (κ3) is 2.89. The van der Waals surface area contributed by atoms with Gasteiger partial charge in [-0.05, 0) is 37.8 Å². The third-order valence-corrected chi connectivity index (χ3v) is 3.72. The summed E-state index contributed by atoms with van der Waals surface area (Å²) < 4.78 is 0. The number of aliphatic hydroxyl groups excluding tert-OH is 1. The van der Waals surface area contributed by atoms with Crippen molar-refractivity contribution < 1.29 is 10.0 Å². The Morgan fingerprint density at radius 2 is 2.30 bits per heavy atom. The first-order valence-corrected chi connectivity index (χ1v) is 6.73. The highest BCUT2D eigenvalue weighted by Crippen LogP contribution is 2.30. The average Bonchev–Trinajstić information content (AvgIpc) is 2.47. The number of nitrogens with zero attached hydrogens (tertiary/aromatic N) is 3. The summed E-state index contributed by atoms with van der Waals surface area (Å²) in [4.78, 5) is 12.4. The van der Waals surface area contributed by atoms with Gasteiger partial charge in [-0.2, -0.15) is 5.26 Å². The number of piperidine rings is 1. The molecule has 1 saturated heterocycles. The lowest BCUT2D eigenvalue weighted by molar-refractivity contribution is -0.385. The second-order valence-corrected chi connectivity index (χ2v) is 4.93. The van der Waals surface area contributed by atoms with Crippen molar-refractivity contribution >= 4 is 11.4 Å². The van der Waals surface area contributed by atoms with Crippen LogP contribution in [0, 0.1) is 21.4 Å². The second kappa shape index (κ2) is 6.35. The summed E-state index contributed by atoms with van der Waals surface area (Å²) in [7, 11) is 0. The van der Waals surface area contributed by atoms with Gasteiger partial charge in [-0.25, -0.2) is 0 Å². The molecule has 1 N–H and O–H groups in total. The number of nitriles is 1. The zero-order chi connectivity index (χ0) is 14.5. The van der Waals surface area contributed by atoms with Gasteiger partial charge in [0.15, 0.2) is 0 Å². The van der Waals surface area contributed by atoms with Crippen molar-refractivity contribution in [3.8, 4) is 6.07 Å². The van der Waals surface area contributed by atoms with Gasteiger partial charge in [-0.15, -0.1) is 0 Å². The summed E-state index contributed by atoms with van der Waals surface area (Å²) >= 11 is 0. The highest BCUT2D eigenvalue weighted by molar-refractivity contribution is 5.60. The average molecular weight is 275 g/mol. The Labute approximate surface area is 117 Å². The molecule has 0 spiro atoms. The molecule has 1 heterocycles. The van der Waals surface area contributed by atoms with E-state index in [2.05, 4.69) is 4.90 Å². The van der Waals surface area contributed by atoms with Crippen molar-refractivity contribution in [2.45, 2.75) is 31.7 Å². The fraction of sp³-hybridized carbons (Fsp3) is 0.500. The Morgan fingerprint density at radius 3 is 2.95 bits per heavy atom. The molecule has 1 unspecified atom stereocenters. The molecule has 20 heavy (non-hydrogen) atoms. The molecule has 1 aromatic rings. The lowest BCUT2D eigenvalue weighted by Crippen LogP contribution is -2.40. The van der Waals surface area contributed by atoms with E-state index in [1.807, 2.05) is 6.07 Å². The minimum absolute atomic E-state index is 0.0841. The maximum Gasteiger partial charge on any atom is 0.287 e. The van der Waals surface area contributed by atoms with Crippen LogP contribution in [0.5, 0.6) is 0 Å². The number of nitro groups is 1. The lowest BCUT2D eigenvalue weighted by Gasteiger charge is -2.37. The van der Waals surface area contributed by atoms with Gasteiger partial charge >= 0.3 is 0 Å². The van der Waals surface area contributed by atoms with Gasteiger partial charge in [0, 0.05) is 30.9 Å². The van der Waals surface area contributed by atoms with Crippen molar-refractivity contribution in [2.75, 3.05) is 18.1 Å². The minimum Gasteiger partial charge on any atom is -0.396 e. The summed E-state index contributed by atoms with van der Waals surface area (Å²) in [5.74, 6) is 0. The second-order valence-electron chi connectivity index (χ2n) is 4.93. The molecule has 1 atom stereocenters. The molecule has 1 fully saturated rings. The Bertz CT molecular complexity index is 537. The molecule has 0 radical (unpaired) electrons. The molecule has 106 valence electrons. The summed E-state index contributed by atoms with van der Waals surface area (Å²) in [6.45, 7) is 0.979. The zero-order valence-corrected chi connectivity index (χ0v) is 11.2. The van der Waals surface area contributed by atoms with Crippen molar-refractivity contribution in [1.29, 1.82) is 5.26 Å². The Kier molecular flexibility index (Phi) is 4.53. The molecule has 0 aromatic heterocycles. The Balaban J connectivity index is 2.31. The van der Waals surface area contributed by atoms with E-state index in [1.165, 1.54) is 6.07 Å². The maximum absolute atomic E-state index is 10.8. The standard InChI is InChI=1S/C14H17N3O3/c15-10-11-9-13(4-5-14(11)17(19)20)16-7-2-1-3-12(16)6-8-18/h4-5,9,12,18H,1-3,6-8H2. The normalized spacial score (nSPS) is 18.6. The summed E-state index contributed by atoms with van der Waals surface area (Å²) in [6, 6.07) is 6.78. The van der Waals surface area contributed by atoms with E-state index < -0.39 is 4.92 Å². The SMILES string of the molecule is N#Cc1cc(N2CCCCC2CCO)ccc1[N+](=O)[O-]. The van der Waals surface area contributed by atoms with Crippen molar-refractivity contribution in [3.63, 3.8) is 0 Å². The fourth-order valence-electron chi connectivity index (χ4n) is 2.74. The predicted octanol–water partition coefficient (Wildman–Crippen LogP) is 2.21. The molecule has 0 amide bonds. The predicted molar refractivity (Wildman–Crippen MR) is 74.5 cm³/mol. The first-order valence-electron chi connectivity index (χ1n) is 6.73. The van der Waals surface area contributed by atoms with E-state index in [1.54, 1.807) is 12.1 Å². The Hall–Kier alpha value is -2.13. The molecular weight excluding hydrogens is 258 g/mol. The van der Waals surface area contributed by atoms with E-state index in [0.29, 0.717) is 6.42 Å². The van der Waals surface area contributed by atoms with Crippen molar-refractivity contribution in [3.05, 3.63) is 33.9 Å². The molecule has 1 aromatic carbocycles. The van der Waals surface area contributed by atoms with Gasteiger partial charge < -0.3 is 10.0 Å². The fourth-order valence-corrected chi connectivity index (χ4v) is 2.74. The number of hydrogen-bond acceptors (Lipinski definition) is 5. The largest absolute Gasteiger partial charge is 0.396 e.